The number of methoxy groups -OCH3 is 1. The van der Waals surface area contributed by atoms with Crippen LogP contribution in [0.5, 0.6) is 5.75 Å². The van der Waals surface area contributed by atoms with E-state index >= 15 is 0 Å². The molecule has 0 amide bonds. The molecule has 2 saturated carbocycles. The highest BCUT2D eigenvalue weighted by Crippen LogP contribution is 2.41. The first-order valence-corrected chi connectivity index (χ1v) is 8.29. The summed E-state index contributed by atoms with van der Waals surface area (Å²) in [5.74, 6) is 2.87. The van der Waals surface area contributed by atoms with Crippen LogP contribution in [0.15, 0.2) is 24.3 Å². The topological polar surface area (TPSA) is 41.5 Å². The molecule has 0 saturated heterocycles. The van der Waals surface area contributed by atoms with E-state index in [9.17, 15) is 5.11 Å². The maximum atomic E-state index is 9.38. The second kappa shape index (κ2) is 6.80. The number of nitrogens with one attached hydrogen (secondary N) is 1. The van der Waals surface area contributed by atoms with Gasteiger partial charge in [-0.05, 0) is 61.6 Å². The van der Waals surface area contributed by atoms with Crippen molar-refractivity contribution in [3.63, 3.8) is 0 Å². The summed E-state index contributed by atoms with van der Waals surface area (Å²) >= 11 is 0. The van der Waals surface area contributed by atoms with E-state index in [0.29, 0.717) is 30.4 Å². The fraction of sp³-hybridized carbons (Fsp3) is 0.667. The van der Waals surface area contributed by atoms with Crippen molar-refractivity contribution >= 4 is 0 Å². The molecular formula is C18H27NO2. The minimum absolute atomic E-state index is 0.362. The lowest BCUT2D eigenvalue weighted by Crippen LogP contribution is -2.43. The van der Waals surface area contributed by atoms with Gasteiger partial charge in [0.1, 0.15) is 5.75 Å². The van der Waals surface area contributed by atoms with Gasteiger partial charge in [-0.25, -0.2) is 0 Å². The van der Waals surface area contributed by atoms with Crippen LogP contribution < -0.4 is 10.1 Å². The highest BCUT2D eigenvalue weighted by atomic mass is 16.5. The zero-order valence-corrected chi connectivity index (χ0v) is 12.9. The number of aliphatic hydroxyl groups excluding tert-OH is 1. The first kappa shape index (κ1) is 14.9. The number of ether oxygens (including phenoxy) is 1. The third kappa shape index (κ3) is 3.24. The molecule has 116 valence electrons. The van der Waals surface area contributed by atoms with Gasteiger partial charge in [-0.15, -0.1) is 0 Å². The summed E-state index contributed by atoms with van der Waals surface area (Å²) in [4.78, 5) is 0. The maximum absolute atomic E-state index is 9.38. The Morgan fingerprint density at radius 2 is 1.95 bits per heavy atom. The zero-order valence-electron chi connectivity index (χ0n) is 12.9. The Kier molecular flexibility index (Phi) is 4.81. The predicted molar refractivity (Wildman–Crippen MR) is 84.7 cm³/mol. The second-order valence-corrected chi connectivity index (χ2v) is 6.65. The first-order chi connectivity index (χ1) is 10.3. The van der Waals surface area contributed by atoms with Crippen molar-refractivity contribution < 1.29 is 9.84 Å². The molecule has 0 heterocycles. The summed E-state index contributed by atoms with van der Waals surface area (Å²) in [6.07, 6.45) is 6.18. The average Bonchev–Trinajstić information content (AvgIpc) is 2.93. The van der Waals surface area contributed by atoms with E-state index < -0.39 is 0 Å². The van der Waals surface area contributed by atoms with Crippen molar-refractivity contribution in [3.05, 3.63) is 29.8 Å². The molecule has 2 fully saturated rings. The molecule has 0 spiro atoms. The molecule has 3 rings (SSSR count). The number of para-hydroxylation sites is 1. The molecule has 1 aromatic rings. The smallest absolute Gasteiger partial charge is 0.122 e. The molecule has 0 radical (unpaired) electrons. The van der Waals surface area contributed by atoms with Gasteiger partial charge in [0.15, 0.2) is 0 Å². The number of benzene rings is 1. The van der Waals surface area contributed by atoms with Crippen molar-refractivity contribution in [2.24, 2.45) is 11.8 Å². The number of rotatable bonds is 6. The highest BCUT2D eigenvalue weighted by molar-refractivity contribution is 5.37. The lowest BCUT2D eigenvalue weighted by Gasteiger charge is -2.38. The fourth-order valence-electron chi connectivity index (χ4n) is 3.98. The lowest BCUT2D eigenvalue weighted by atomic mass is 9.75. The maximum Gasteiger partial charge on any atom is 0.122 e. The van der Waals surface area contributed by atoms with E-state index in [1.807, 2.05) is 6.07 Å². The monoisotopic (exact) mass is 289 g/mol. The summed E-state index contributed by atoms with van der Waals surface area (Å²) in [6.45, 7) is 1.44. The van der Waals surface area contributed by atoms with Crippen molar-refractivity contribution in [2.75, 3.05) is 20.3 Å². The van der Waals surface area contributed by atoms with Crippen LogP contribution in [0.3, 0.4) is 0 Å². The van der Waals surface area contributed by atoms with E-state index in [1.54, 1.807) is 7.11 Å². The summed E-state index contributed by atoms with van der Waals surface area (Å²) in [5.41, 5.74) is 1.35. The average molecular weight is 289 g/mol. The molecule has 3 nitrogen and oxygen atoms in total. The molecule has 0 bridgehead atoms. The van der Waals surface area contributed by atoms with Crippen molar-refractivity contribution in [1.82, 2.24) is 5.32 Å². The third-order valence-electron chi connectivity index (χ3n) is 5.44. The van der Waals surface area contributed by atoms with E-state index in [-0.39, 0.29) is 0 Å². The Balaban J connectivity index is 1.45. The second-order valence-electron chi connectivity index (χ2n) is 6.65. The highest BCUT2D eigenvalue weighted by Gasteiger charge is 2.33. The lowest BCUT2D eigenvalue weighted by molar-refractivity contribution is 0.182. The molecule has 1 aromatic carbocycles. The molecule has 2 aliphatic carbocycles. The van der Waals surface area contributed by atoms with Gasteiger partial charge in [0.2, 0.25) is 0 Å². The van der Waals surface area contributed by atoms with E-state index in [0.717, 1.165) is 12.3 Å². The third-order valence-corrected chi connectivity index (χ3v) is 5.44. The minimum atomic E-state index is 0.362. The van der Waals surface area contributed by atoms with Gasteiger partial charge in [-0.3, -0.25) is 0 Å². The van der Waals surface area contributed by atoms with E-state index in [1.165, 1.54) is 37.7 Å². The van der Waals surface area contributed by atoms with Crippen molar-refractivity contribution in [1.29, 1.82) is 0 Å². The molecule has 0 aromatic heterocycles. The Bertz CT molecular complexity index is 456. The molecule has 0 aliphatic heterocycles. The zero-order chi connectivity index (χ0) is 14.7. The number of hydrogen-bond donors (Lipinski definition) is 2. The summed E-state index contributed by atoms with van der Waals surface area (Å²) < 4.78 is 5.46. The van der Waals surface area contributed by atoms with E-state index in [2.05, 4.69) is 23.5 Å². The molecule has 2 unspecified atom stereocenters. The predicted octanol–water partition coefficient (Wildman–Crippen LogP) is 2.94. The normalized spacial score (nSPS) is 31.9. The number of hydrogen-bond acceptors (Lipinski definition) is 3. The molecule has 3 heteroatoms. The summed E-state index contributed by atoms with van der Waals surface area (Å²) in [5, 5.41) is 13.1. The van der Waals surface area contributed by atoms with Gasteiger partial charge in [0.25, 0.3) is 0 Å². The van der Waals surface area contributed by atoms with Gasteiger partial charge in [-0.2, -0.15) is 0 Å². The van der Waals surface area contributed by atoms with Crippen LogP contribution in [-0.4, -0.2) is 31.4 Å². The Labute approximate surface area is 127 Å². The molecule has 2 aliphatic rings. The van der Waals surface area contributed by atoms with Crippen LogP contribution in [0.1, 0.15) is 43.6 Å². The Morgan fingerprint density at radius 1 is 1.19 bits per heavy atom. The fourth-order valence-corrected chi connectivity index (χ4v) is 3.98. The van der Waals surface area contributed by atoms with Crippen LogP contribution in [0.25, 0.3) is 0 Å². The largest absolute Gasteiger partial charge is 0.496 e. The van der Waals surface area contributed by atoms with Gasteiger partial charge >= 0.3 is 0 Å². The standard InChI is InChI=1S/C18H27NO2/c1-21-18-8-3-2-7-17(18)15-9-16(10-15)19-11-13-5-4-6-14(13)12-20/h2-3,7-8,13-16,19-20H,4-6,9-12H2,1H3. The molecular weight excluding hydrogens is 262 g/mol. The Morgan fingerprint density at radius 3 is 2.71 bits per heavy atom. The van der Waals surface area contributed by atoms with E-state index in [4.69, 9.17) is 4.74 Å². The van der Waals surface area contributed by atoms with Crippen molar-refractivity contribution in [2.45, 2.75) is 44.1 Å². The van der Waals surface area contributed by atoms with Crippen LogP contribution in [0.4, 0.5) is 0 Å². The van der Waals surface area contributed by atoms with Crippen LogP contribution in [0.2, 0.25) is 0 Å². The molecule has 21 heavy (non-hydrogen) atoms. The van der Waals surface area contributed by atoms with Gasteiger partial charge in [-0.1, -0.05) is 24.6 Å². The SMILES string of the molecule is COc1ccccc1C1CC(NCC2CCCC2CO)C1. The van der Waals surface area contributed by atoms with Crippen molar-refractivity contribution in [3.8, 4) is 5.75 Å². The van der Waals surface area contributed by atoms with Crippen LogP contribution in [-0.2, 0) is 0 Å². The summed E-state index contributed by atoms with van der Waals surface area (Å²) in [7, 11) is 1.75. The first-order valence-electron chi connectivity index (χ1n) is 8.29. The Hall–Kier alpha value is -1.06. The quantitative estimate of drug-likeness (QED) is 0.846. The van der Waals surface area contributed by atoms with Gasteiger partial charge in [0.05, 0.1) is 7.11 Å². The van der Waals surface area contributed by atoms with Gasteiger partial charge < -0.3 is 15.2 Å². The molecule has 2 N–H and O–H groups in total. The summed E-state index contributed by atoms with van der Waals surface area (Å²) in [6, 6.07) is 9.02. The number of aliphatic hydroxyl groups is 1. The van der Waals surface area contributed by atoms with Gasteiger partial charge in [0, 0.05) is 12.6 Å². The van der Waals surface area contributed by atoms with Crippen LogP contribution in [0, 0.1) is 11.8 Å². The van der Waals surface area contributed by atoms with Crippen LogP contribution >= 0.6 is 0 Å². The minimum Gasteiger partial charge on any atom is -0.496 e. The molecule has 2 atom stereocenters.